The van der Waals surface area contributed by atoms with Crippen LogP contribution >= 0.6 is 11.8 Å². The fourth-order valence-corrected chi connectivity index (χ4v) is 3.94. The minimum Gasteiger partial charge on any atom is -0.544 e. The highest BCUT2D eigenvalue weighted by Crippen LogP contribution is 2.34. The highest BCUT2D eigenvalue weighted by Gasteiger charge is 2.31. The molecule has 1 saturated heterocycles. The number of aliphatic carboxylic acids is 1. The molecule has 2 aromatic carbocycles. The van der Waals surface area contributed by atoms with Crippen LogP contribution in [-0.4, -0.2) is 24.9 Å². The molecule has 0 radical (unpaired) electrons. The van der Waals surface area contributed by atoms with Gasteiger partial charge in [-0.3, -0.25) is 0 Å². The third-order valence-corrected chi connectivity index (χ3v) is 5.36. The van der Waals surface area contributed by atoms with Crippen LogP contribution in [0.3, 0.4) is 0 Å². The van der Waals surface area contributed by atoms with Gasteiger partial charge >= 0.3 is 0 Å². The largest absolute Gasteiger partial charge is 0.544 e. The lowest BCUT2D eigenvalue weighted by molar-refractivity contribution is -0.690. The van der Waals surface area contributed by atoms with Gasteiger partial charge in [0.15, 0.2) is 16.9 Å². The van der Waals surface area contributed by atoms with Crippen molar-refractivity contribution in [2.45, 2.75) is 18.0 Å². The van der Waals surface area contributed by atoms with E-state index in [0.717, 1.165) is 5.56 Å². The molecule has 0 unspecified atom stereocenters. The number of thioether (sulfide) groups is 1. The summed E-state index contributed by atoms with van der Waals surface area (Å²) in [5, 5.41) is 12.7. The summed E-state index contributed by atoms with van der Waals surface area (Å²) in [5.41, 5.74) is 1.40. The molecule has 5 nitrogen and oxygen atoms in total. The Bertz CT molecular complexity index is 770. The van der Waals surface area contributed by atoms with E-state index < -0.39 is 12.0 Å². The van der Waals surface area contributed by atoms with E-state index in [-0.39, 0.29) is 17.8 Å². The van der Waals surface area contributed by atoms with E-state index >= 15 is 0 Å². The average molecular weight is 363 g/mol. The Morgan fingerprint density at radius 2 is 2.12 bits per heavy atom. The minimum absolute atomic E-state index is 0.0302. The van der Waals surface area contributed by atoms with Crippen molar-refractivity contribution in [1.82, 2.24) is 0 Å². The summed E-state index contributed by atoms with van der Waals surface area (Å²) in [6.45, 7) is 0.0967. The predicted molar refractivity (Wildman–Crippen MR) is 89.6 cm³/mol. The number of carboxylic acids is 1. The van der Waals surface area contributed by atoms with Gasteiger partial charge in [0.05, 0.1) is 12.9 Å². The Kier molecular flexibility index (Phi) is 5.45. The number of methoxy groups -OCH3 is 1. The maximum absolute atomic E-state index is 13.7. The molecule has 7 heteroatoms. The summed E-state index contributed by atoms with van der Waals surface area (Å²) < 4.78 is 24.7. The van der Waals surface area contributed by atoms with Crippen LogP contribution in [-0.2, 0) is 11.4 Å². The smallest absolute Gasteiger partial charge is 0.161 e. The van der Waals surface area contributed by atoms with Crippen molar-refractivity contribution in [2.24, 2.45) is 0 Å². The molecule has 0 bridgehead atoms. The second-order valence-electron chi connectivity index (χ2n) is 5.66. The summed E-state index contributed by atoms with van der Waals surface area (Å²) in [5.74, 6) is 0.171. The topological polar surface area (TPSA) is 75.2 Å². The van der Waals surface area contributed by atoms with Gasteiger partial charge in [-0.05, 0) is 24.3 Å². The van der Waals surface area contributed by atoms with Crippen molar-refractivity contribution < 1.29 is 29.1 Å². The highest BCUT2D eigenvalue weighted by molar-refractivity contribution is 7.99. The van der Waals surface area contributed by atoms with Crippen LogP contribution in [0.5, 0.6) is 11.5 Å². The summed E-state index contributed by atoms with van der Waals surface area (Å²) in [4.78, 5) is 11.0. The summed E-state index contributed by atoms with van der Waals surface area (Å²) in [6, 6.07) is 11.3. The molecule has 2 atom stereocenters. The molecule has 0 amide bonds. The molecule has 25 heavy (non-hydrogen) atoms. The van der Waals surface area contributed by atoms with E-state index in [9.17, 15) is 14.3 Å². The van der Waals surface area contributed by atoms with Gasteiger partial charge in [-0.15, -0.1) is 0 Å². The average Bonchev–Trinajstić information content (AvgIpc) is 3.11. The third kappa shape index (κ3) is 4.05. The zero-order valence-electron chi connectivity index (χ0n) is 13.6. The fraction of sp³-hybridized carbons (Fsp3) is 0.278. The monoisotopic (exact) mass is 363 g/mol. The number of quaternary nitrogens is 1. The van der Waals surface area contributed by atoms with Gasteiger partial charge < -0.3 is 24.7 Å². The molecule has 2 N–H and O–H groups in total. The molecule has 0 aromatic heterocycles. The lowest BCUT2D eigenvalue weighted by atomic mass is 10.2. The molecule has 1 aliphatic heterocycles. The second kappa shape index (κ2) is 7.76. The number of hydrogen-bond donors (Lipinski definition) is 1. The first-order valence-corrected chi connectivity index (χ1v) is 8.85. The van der Waals surface area contributed by atoms with Gasteiger partial charge in [-0.1, -0.05) is 30.0 Å². The van der Waals surface area contributed by atoms with Crippen LogP contribution in [0.4, 0.5) is 4.39 Å². The molecular weight excluding hydrogens is 345 g/mol. The number of carboxylic acid groups (broad SMARTS) is 1. The van der Waals surface area contributed by atoms with E-state index in [0.29, 0.717) is 22.8 Å². The number of ether oxygens (including phenoxy) is 2. The Hall–Kier alpha value is -2.25. The number of rotatable bonds is 6. The quantitative estimate of drug-likeness (QED) is 0.823. The number of nitrogens with two attached hydrogens (primary N) is 1. The van der Waals surface area contributed by atoms with Gasteiger partial charge in [0.2, 0.25) is 0 Å². The zero-order chi connectivity index (χ0) is 17.8. The third-order valence-electron chi connectivity index (χ3n) is 4.02. The first kappa shape index (κ1) is 17.6. The van der Waals surface area contributed by atoms with Gasteiger partial charge in [0.25, 0.3) is 0 Å². The fourth-order valence-electron chi connectivity index (χ4n) is 2.63. The van der Waals surface area contributed by atoms with Crippen molar-refractivity contribution in [3.05, 3.63) is 59.4 Å². The molecule has 3 rings (SSSR count). The maximum atomic E-state index is 13.7. The molecule has 2 aromatic rings. The molecular formula is C18H18FNO4S. The Balaban J connectivity index is 1.72. The van der Waals surface area contributed by atoms with Gasteiger partial charge in [0.1, 0.15) is 24.4 Å². The number of halogens is 1. The lowest BCUT2D eigenvalue weighted by Crippen LogP contribution is -2.90. The zero-order valence-corrected chi connectivity index (χ0v) is 14.4. The van der Waals surface area contributed by atoms with Crippen molar-refractivity contribution >= 4 is 17.7 Å². The number of carbonyl (C=O) groups excluding carboxylic acids is 1. The molecule has 132 valence electrons. The Morgan fingerprint density at radius 3 is 2.80 bits per heavy atom. The van der Waals surface area contributed by atoms with Crippen molar-refractivity contribution in [3.63, 3.8) is 0 Å². The van der Waals surface area contributed by atoms with Crippen molar-refractivity contribution in [2.75, 3.05) is 12.9 Å². The first-order chi connectivity index (χ1) is 12.1. The molecule has 1 fully saturated rings. The van der Waals surface area contributed by atoms with Crippen LogP contribution in [0.2, 0.25) is 0 Å². The Morgan fingerprint density at radius 1 is 1.32 bits per heavy atom. The molecule has 0 aliphatic carbocycles. The molecule has 1 heterocycles. The van der Waals surface area contributed by atoms with E-state index in [1.54, 1.807) is 41.3 Å². The summed E-state index contributed by atoms with van der Waals surface area (Å²) in [7, 11) is 1.53. The van der Waals surface area contributed by atoms with Crippen molar-refractivity contribution in [3.8, 4) is 11.5 Å². The predicted octanol–water partition coefficient (Wildman–Crippen LogP) is 0.841. The maximum Gasteiger partial charge on any atom is 0.161 e. The number of hydrogen-bond acceptors (Lipinski definition) is 5. The van der Waals surface area contributed by atoms with Crippen LogP contribution in [0.1, 0.15) is 16.5 Å². The van der Waals surface area contributed by atoms with Gasteiger partial charge in [-0.25, -0.2) is 4.39 Å². The summed E-state index contributed by atoms with van der Waals surface area (Å²) in [6.07, 6.45) is 0. The molecule has 0 spiro atoms. The van der Waals surface area contributed by atoms with E-state index in [1.165, 1.54) is 13.2 Å². The van der Waals surface area contributed by atoms with Crippen molar-refractivity contribution in [1.29, 1.82) is 0 Å². The normalized spacial score (nSPS) is 19.6. The molecule has 0 saturated carbocycles. The number of benzene rings is 2. The standard InChI is InChI=1S/C18H18FNO4S/c1-23-16-8-11(17-20-14(10-25-17)18(21)22)6-7-15(16)24-9-12-4-2-3-5-13(12)19/h2-8,14,17,20H,9-10H2,1H3,(H,21,22)/t14-,17+/m1/s1. The lowest BCUT2D eigenvalue weighted by Gasteiger charge is -2.15. The summed E-state index contributed by atoms with van der Waals surface area (Å²) >= 11 is 1.55. The first-order valence-electron chi connectivity index (χ1n) is 7.80. The highest BCUT2D eigenvalue weighted by atomic mass is 32.2. The van der Waals surface area contributed by atoms with Gasteiger partial charge in [0, 0.05) is 11.1 Å². The second-order valence-corrected chi connectivity index (χ2v) is 6.84. The van der Waals surface area contributed by atoms with Crippen LogP contribution in [0.25, 0.3) is 0 Å². The van der Waals surface area contributed by atoms with Crippen LogP contribution < -0.4 is 19.9 Å². The number of carbonyl (C=O) groups is 1. The van der Waals surface area contributed by atoms with E-state index in [2.05, 4.69) is 0 Å². The Labute approximate surface area is 149 Å². The van der Waals surface area contributed by atoms with E-state index in [1.807, 2.05) is 12.1 Å². The van der Waals surface area contributed by atoms with Crippen LogP contribution in [0.15, 0.2) is 42.5 Å². The van der Waals surface area contributed by atoms with Gasteiger partial charge in [-0.2, -0.15) is 0 Å². The van der Waals surface area contributed by atoms with Crippen LogP contribution in [0, 0.1) is 5.82 Å². The minimum atomic E-state index is -1.05. The van der Waals surface area contributed by atoms with E-state index in [4.69, 9.17) is 9.47 Å². The molecule has 1 aliphatic rings. The SMILES string of the molecule is COc1cc([C@H]2[NH2+][C@@H](C(=O)[O-])CS2)ccc1OCc1ccccc1F.